The molecule has 1 amide bonds. The fourth-order valence-electron chi connectivity index (χ4n) is 2.44. The summed E-state index contributed by atoms with van der Waals surface area (Å²) in [5, 5.41) is 8.85. The van der Waals surface area contributed by atoms with Gasteiger partial charge in [-0.15, -0.1) is 0 Å². The monoisotopic (exact) mass is 330 g/mol. The number of hydrogen-bond acceptors (Lipinski definition) is 4. The molecule has 1 aromatic carbocycles. The van der Waals surface area contributed by atoms with Gasteiger partial charge in [0.25, 0.3) is 0 Å². The lowest BCUT2D eigenvalue weighted by Gasteiger charge is -2.19. The summed E-state index contributed by atoms with van der Waals surface area (Å²) in [7, 11) is 0. The number of carboxylic acid groups (broad SMARTS) is 1. The van der Waals surface area contributed by atoms with Crippen LogP contribution in [0.3, 0.4) is 0 Å². The van der Waals surface area contributed by atoms with Gasteiger partial charge in [-0.2, -0.15) is 0 Å². The van der Waals surface area contributed by atoms with Crippen molar-refractivity contribution < 1.29 is 19.1 Å². The van der Waals surface area contributed by atoms with Gasteiger partial charge in [-0.1, -0.05) is 37.3 Å². The number of carbonyl (C=O) groups is 2. The Balaban J connectivity index is 1.84. The number of carboxylic acids is 1. The zero-order valence-corrected chi connectivity index (χ0v) is 13.8. The predicted molar refractivity (Wildman–Crippen MR) is 89.4 cm³/mol. The van der Waals surface area contributed by atoms with Crippen molar-refractivity contribution in [3.8, 4) is 11.3 Å². The number of aryl methyl sites for hydroxylation is 1. The van der Waals surface area contributed by atoms with E-state index in [1.165, 1.54) is 4.90 Å². The van der Waals surface area contributed by atoms with Crippen LogP contribution < -0.4 is 0 Å². The summed E-state index contributed by atoms with van der Waals surface area (Å²) >= 11 is 0. The van der Waals surface area contributed by atoms with E-state index in [1.54, 1.807) is 6.20 Å². The van der Waals surface area contributed by atoms with Crippen LogP contribution in [-0.2, 0) is 16.0 Å². The lowest BCUT2D eigenvalue weighted by molar-refractivity contribution is -0.144. The van der Waals surface area contributed by atoms with Crippen LogP contribution in [-0.4, -0.2) is 40.0 Å². The highest BCUT2D eigenvalue weighted by Gasteiger charge is 2.16. The average Bonchev–Trinajstić information content (AvgIpc) is 3.04. The van der Waals surface area contributed by atoms with Gasteiger partial charge in [0.1, 0.15) is 6.54 Å². The molecule has 0 fully saturated rings. The van der Waals surface area contributed by atoms with Crippen molar-refractivity contribution in [2.24, 2.45) is 0 Å². The van der Waals surface area contributed by atoms with Crippen molar-refractivity contribution in [1.82, 2.24) is 9.88 Å². The summed E-state index contributed by atoms with van der Waals surface area (Å²) in [6.45, 7) is 2.13. The van der Waals surface area contributed by atoms with Crippen molar-refractivity contribution in [3.05, 3.63) is 42.4 Å². The second-order valence-electron chi connectivity index (χ2n) is 5.55. The molecule has 0 aliphatic rings. The molecule has 0 saturated heterocycles. The van der Waals surface area contributed by atoms with Crippen LogP contribution in [0.2, 0.25) is 0 Å². The smallest absolute Gasteiger partial charge is 0.323 e. The summed E-state index contributed by atoms with van der Waals surface area (Å²) in [5.74, 6) is 0.156. The third kappa shape index (κ3) is 5.22. The molecule has 6 heteroatoms. The minimum absolute atomic E-state index is 0.144. The van der Waals surface area contributed by atoms with Crippen LogP contribution in [0.4, 0.5) is 0 Å². The van der Waals surface area contributed by atoms with E-state index >= 15 is 0 Å². The van der Waals surface area contributed by atoms with Gasteiger partial charge in [-0.05, 0) is 12.8 Å². The lowest BCUT2D eigenvalue weighted by atomic mass is 10.2. The molecule has 1 N–H and O–H groups in total. The number of aromatic nitrogens is 1. The molecule has 0 bridgehead atoms. The minimum Gasteiger partial charge on any atom is -0.480 e. The Kier molecular flexibility index (Phi) is 6.54. The molecule has 0 spiro atoms. The normalized spacial score (nSPS) is 10.5. The maximum Gasteiger partial charge on any atom is 0.323 e. The SMILES string of the molecule is CCCN(CC(=O)O)C(=O)CCCc1ncc(-c2ccccc2)o1. The van der Waals surface area contributed by atoms with Gasteiger partial charge in [-0.3, -0.25) is 9.59 Å². The summed E-state index contributed by atoms with van der Waals surface area (Å²) in [6, 6.07) is 9.69. The Morgan fingerprint density at radius 1 is 1.25 bits per heavy atom. The quantitative estimate of drug-likeness (QED) is 0.764. The van der Waals surface area contributed by atoms with Gasteiger partial charge < -0.3 is 14.4 Å². The zero-order valence-electron chi connectivity index (χ0n) is 13.8. The molecular weight excluding hydrogens is 308 g/mol. The van der Waals surface area contributed by atoms with E-state index in [-0.39, 0.29) is 18.9 Å². The maximum atomic E-state index is 12.1. The molecule has 1 aromatic heterocycles. The Labute approximate surface area is 141 Å². The van der Waals surface area contributed by atoms with Crippen molar-refractivity contribution in [2.45, 2.75) is 32.6 Å². The number of rotatable bonds is 9. The van der Waals surface area contributed by atoms with Crippen LogP contribution in [0.25, 0.3) is 11.3 Å². The summed E-state index contributed by atoms with van der Waals surface area (Å²) in [5.41, 5.74) is 0.961. The highest BCUT2D eigenvalue weighted by Crippen LogP contribution is 2.20. The topological polar surface area (TPSA) is 83.6 Å². The van der Waals surface area contributed by atoms with E-state index in [4.69, 9.17) is 9.52 Å². The van der Waals surface area contributed by atoms with E-state index in [0.29, 0.717) is 31.0 Å². The minimum atomic E-state index is -0.989. The zero-order chi connectivity index (χ0) is 17.4. The molecule has 6 nitrogen and oxygen atoms in total. The van der Waals surface area contributed by atoms with E-state index in [2.05, 4.69) is 4.98 Å². The summed E-state index contributed by atoms with van der Waals surface area (Å²) < 4.78 is 5.69. The fourth-order valence-corrected chi connectivity index (χ4v) is 2.44. The van der Waals surface area contributed by atoms with Crippen molar-refractivity contribution in [2.75, 3.05) is 13.1 Å². The highest BCUT2D eigenvalue weighted by molar-refractivity contribution is 5.81. The molecule has 0 atom stereocenters. The van der Waals surface area contributed by atoms with Gasteiger partial charge in [-0.25, -0.2) is 4.98 Å². The maximum absolute atomic E-state index is 12.1. The van der Waals surface area contributed by atoms with Gasteiger partial charge in [0.2, 0.25) is 5.91 Å². The predicted octanol–water partition coefficient (Wildman–Crippen LogP) is 2.99. The highest BCUT2D eigenvalue weighted by atomic mass is 16.4. The first kappa shape index (κ1) is 17.7. The van der Waals surface area contributed by atoms with Crippen molar-refractivity contribution in [1.29, 1.82) is 0 Å². The average molecular weight is 330 g/mol. The van der Waals surface area contributed by atoms with Crippen molar-refractivity contribution >= 4 is 11.9 Å². The van der Waals surface area contributed by atoms with Crippen LogP contribution in [0, 0.1) is 0 Å². The van der Waals surface area contributed by atoms with Gasteiger partial charge in [0.15, 0.2) is 11.7 Å². The fraction of sp³-hybridized carbons (Fsp3) is 0.389. The Hall–Kier alpha value is -2.63. The largest absolute Gasteiger partial charge is 0.480 e. The molecule has 2 rings (SSSR count). The van der Waals surface area contributed by atoms with Gasteiger partial charge in [0.05, 0.1) is 6.20 Å². The van der Waals surface area contributed by atoms with Gasteiger partial charge in [0, 0.05) is 24.9 Å². The third-order valence-electron chi connectivity index (χ3n) is 3.57. The number of aliphatic carboxylic acids is 1. The molecule has 0 unspecified atom stereocenters. The molecule has 0 aliphatic heterocycles. The Morgan fingerprint density at radius 3 is 2.67 bits per heavy atom. The number of carbonyl (C=O) groups excluding carboxylic acids is 1. The first-order chi connectivity index (χ1) is 11.6. The van der Waals surface area contributed by atoms with Crippen molar-refractivity contribution in [3.63, 3.8) is 0 Å². The van der Waals surface area contributed by atoms with Crippen LogP contribution in [0.5, 0.6) is 0 Å². The summed E-state index contributed by atoms with van der Waals surface area (Å²) in [4.78, 5) is 28.5. The second-order valence-corrected chi connectivity index (χ2v) is 5.55. The molecule has 24 heavy (non-hydrogen) atoms. The second kappa shape index (κ2) is 8.86. The molecule has 2 aromatic rings. The molecule has 128 valence electrons. The Morgan fingerprint density at radius 2 is 2.00 bits per heavy atom. The van der Waals surface area contributed by atoms with Gasteiger partial charge >= 0.3 is 5.97 Å². The van der Waals surface area contributed by atoms with E-state index in [9.17, 15) is 9.59 Å². The number of benzene rings is 1. The molecular formula is C18H22N2O4. The number of nitrogens with zero attached hydrogens (tertiary/aromatic N) is 2. The molecule has 1 heterocycles. The number of hydrogen-bond donors (Lipinski definition) is 1. The summed E-state index contributed by atoms with van der Waals surface area (Å²) in [6.07, 6.45) is 3.83. The first-order valence-corrected chi connectivity index (χ1v) is 8.10. The lowest BCUT2D eigenvalue weighted by Crippen LogP contribution is -2.36. The Bertz CT molecular complexity index is 667. The number of oxazole rings is 1. The van der Waals surface area contributed by atoms with E-state index < -0.39 is 5.97 Å². The number of amides is 1. The molecule has 0 saturated carbocycles. The van der Waals surface area contributed by atoms with Crippen LogP contribution in [0.1, 0.15) is 32.1 Å². The van der Waals surface area contributed by atoms with Crippen LogP contribution in [0.15, 0.2) is 40.9 Å². The standard InChI is InChI=1S/C18H22N2O4/c1-2-11-20(13-18(22)23)17(21)10-6-9-16-19-12-15(24-16)14-7-4-3-5-8-14/h3-5,7-8,12H,2,6,9-11,13H2,1H3,(H,22,23). The van der Waals surface area contributed by atoms with E-state index in [1.807, 2.05) is 37.3 Å². The third-order valence-corrected chi connectivity index (χ3v) is 3.57. The first-order valence-electron chi connectivity index (χ1n) is 8.10. The van der Waals surface area contributed by atoms with Crippen LogP contribution >= 0.6 is 0 Å². The van der Waals surface area contributed by atoms with E-state index in [0.717, 1.165) is 12.0 Å². The molecule has 0 aliphatic carbocycles. The molecule has 0 radical (unpaired) electrons.